The van der Waals surface area contributed by atoms with Crippen LogP contribution in [0.25, 0.3) is 0 Å². The first-order valence-corrected chi connectivity index (χ1v) is 6.36. The molecule has 0 bridgehead atoms. The molecule has 0 saturated carbocycles. The Morgan fingerprint density at radius 2 is 2.11 bits per heavy atom. The van der Waals surface area contributed by atoms with Gasteiger partial charge in [-0.15, -0.1) is 0 Å². The van der Waals surface area contributed by atoms with Gasteiger partial charge in [-0.1, -0.05) is 6.07 Å². The molecule has 0 amide bonds. The molecule has 19 heavy (non-hydrogen) atoms. The fourth-order valence-electron chi connectivity index (χ4n) is 2.38. The highest BCUT2D eigenvalue weighted by atomic mass is 16.5. The van der Waals surface area contributed by atoms with Crippen molar-refractivity contribution in [1.82, 2.24) is 5.32 Å². The van der Waals surface area contributed by atoms with Gasteiger partial charge in [0.25, 0.3) is 0 Å². The number of ether oxygens (including phenoxy) is 4. The molecule has 5 heteroatoms. The fourth-order valence-corrected chi connectivity index (χ4v) is 2.38. The highest BCUT2D eigenvalue weighted by Crippen LogP contribution is 2.39. The summed E-state index contributed by atoms with van der Waals surface area (Å²) in [5, 5.41) is 3.33. The molecule has 106 valence electrons. The van der Waals surface area contributed by atoms with Gasteiger partial charge in [0.15, 0.2) is 11.5 Å². The van der Waals surface area contributed by atoms with Crippen molar-refractivity contribution < 1.29 is 18.9 Å². The van der Waals surface area contributed by atoms with Crippen LogP contribution in [0.4, 0.5) is 0 Å². The van der Waals surface area contributed by atoms with Crippen LogP contribution in [0.1, 0.15) is 17.2 Å². The standard InChI is InChI=1S/C14H21NO4/c1-16-9-10-4-5-11(17-2)14(18-3)13(10)12-8-15-6-7-19-12/h4-5,12,15H,6-9H2,1-3H3. The van der Waals surface area contributed by atoms with Crippen molar-refractivity contribution in [2.75, 3.05) is 41.0 Å². The molecule has 1 atom stereocenters. The van der Waals surface area contributed by atoms with Crippen LogP contribution < -0.4 is 14.8 Å². The van der Waals surface area contributed by atoms with Gasteiger partial charge in [0.05, 0.1) is 33.5 Å². The molecule has 1 aliphatic heterocycles. The Labute approximate surface area is 113 Å². The van der Waals surface area contributed by atoms with Crippen molar-refractivity contribution in [2.45, 2.75) is 12.7 Å². The molecule has 0 radical (unpaired) electrons. The Kier molecular flexibility index (Phi) is 5.01. The molecule has 0 aliphatic carbocycles. The van der Waals surface area contributed by atoms with Crippen molar-refractivity contribution in [3.63, 3.8) is 0 Å². The maximum absolute atomic E-state index is 5.84. The topological polar surface area (TPSA) is 49.0 Å². The number of hydrogen-bond acceptors (Lipinski definition) is 5. The Hall–Kier alpha value is -1.30. The number of methoxy groups -OCH3 is 3. The van der Waals surface area contributed by atoms with Crippen LogP contribution in [0.3, 0.4) is 0 Å². The predicted octanol–water partition coefficient (Wildman–Crippen LogP) is 1.51. The van der Waals surface area contributed by atoms with Gasteiger partial charge >= 0.3 is 0 Å². The van der Waals surface area contributed by atoms with Crippen LogP contribution in [0.5, 0.6) is 11.5 Å². The summed E-state index contributed by atoms with van der Waals surface area (Å²) in [5.41, 5.74) is 2.07. The second-order valence-electron chi connectivity index (χ2n) is 4.37. The quantitative estimate of drug-likeness (QED) is 0.876. The SMILES string of the molecule is COCc1ccc(OC)c(OC)c1C1CNCCO1. The van der Waals surface area contributed by atoms with Gasteiger partial charge in [-0.2, -0.15) is 0 Å². The number of rotatable bonds is 5. The lowest BCUT2D eigenvalue weighted by atomic mass is 9.99. The summed E-state index contributed by atoms with van der Waals surface area (Å²) in [7, 11) is 4.96. The van der Waals surface area contributed by atoms with Gasteiger partial charge in [0.1, 0.15) is 0 Å². The first-order valence-electron chi connectivity index (χ1n) is 6.36. The Balaban J connectivity index is 2.44. The van der Waals surface area contributed by atoms with Crippen LogP contribution in [0.15, 0.2) is 12.1 Å². The molecular formula is C14H21NO4. The van der Waals surface area contributed by atoms with E-state index in [1.165, 1.54) is 0 Å². The monoisotopic (exact) mass is 267 g/mol. The second kappa shape index (κ2) is 6.75. The average Bonchev–Trinajstić information content (AvgIpc) is 2.47. The number of morpholine rings is 1. The Bertz CT molecular complexity index is 416. The lowest BCUT2D eigenvalue weighted by molar-refractivity contribution is 0.0244. The lowest BCUT2D eigenvalue weighted by Gasteiger charge is -2.28. The van der Waals surface area contributed by atoms with Crippen LogP contribution in [-0.2, 0) is 16.1 Å². The molecular weight excluding hydrogens is 246 g/mol. The van der Waals surface area contributed by atoms with E-state index < -0.39 is 0 Å². The molecule has 1 heterocycles. The minimum atomic E-state index is -0.0380. The smallest absolute Gasteiger partial charge is 0.166 e. The molecule has 0 aromatic heterocycles. The average molecular weight is 267 g/mol. The van der Waals surface area contributed by atoms with E-state index >= 15 is 0 Å². The third-order valence-electron chi connectivity index (χ3n) is 3.22. The van der Waals surface area contributed by atoms with E-state index in [9.17, 15) is 0 Å². The summed E-state index contributed by atoms with van der Waals surface area (Å²) in [6.07, 6.45) is -0.0380. The van der Waals surface area contributed by atoms with Crippen molar-refractivity contribution in [3.8, 4) is 11.5 Å². The number of nitrogens with one attached hydrogen (secondary N) is 1. The highest BCUT2D eigenvalue weighted by molar-refractivity contribution is 5.52. The summed E-state index contributed by atoms with van der Waals surface area (Å²) in [5.74, 6) is 1.44. The van der Waals surface area contributed by atoms with Crippen molar-refractivity contribution in [1.29, 1.82) is 0 Å². The lowest BCUT2D eigenvalue weighted by Crippen LogP contribution is -2.34. The van der Waals surface area contributed by atoms with E-state index in [0.717, 1.165) is 30.0 Å². The van der Waals surface area contributed by atoms with Gasteiger partial charge in [0, 0.05) is 25.8 Å². The molecule has 1 unspecified atom stereocenters. The van der Waals surface area contributed by atoms with E-state index in [4.69, 9.17) is 18.9 Å². The third kappa shape index (κ3) is 3.00. The zero-order chi connectivity index (χ0) is 13.7. The maximum atomic E-state index is 5.84. The summed E-state index contributed by atoms with van der Waals surface area (Å²) >= 11 is 0. The molecule has 0 spiro atoms. The molecule has 1 saturated heterocycles. The van der Waals surface area contributed by atoms with Crippen LogP contribution in [-0.4, -0.2) is 41.0 Å². The first-order chi connectivity index (χ1) is 9.31. The predicted molar refractivity (Wildman–Crippen MR) is 71.8 cm³/mol. The fraction of sp³-hybridized carbons (Fsp3) is 0.571. The molecule has 1 N–H and O–H groups in total. The normalized spacial score (nSPS) is 19.2. The first kappa shape index (κ1) is 14.1. The summed E-state index contributed by atoms with van der Waals surface area (Å²) in [4.78, 5) is 0. The van der Waals surface area contributed by atoms with E-state index in [0.29, 0.717) is 19.0 Å². The van der Waals surface area contributed by atoms with Crippen molar-refractivity contribution >= 4 is 0 Å². The van der Waals surface area contributed by atoms with Crippen LogP contribution >= 0.6 is 0 Å². The van der Waals surface area contributed by atoms with E-state index in [1.807, 2.05) is 12.1 Å². The van der Waals surface area contributed by atoms with Crippen LogP contribution in [0.2, 0.25) is 0 Å². The number of hydrogen-bond donors (Lipinski definition) is 1. The van der Waals surface area contributed by atoms with E-state index in [1.54, 1.807) is 21.3 Å². The minimum Gasteiger partial charge on any atom is -0.493 e. The number of benzene rings is 1. The van der Waals surface area contributed by atoms with Crippen molar-refractivity contribution in [3.05, 3.63) is 23.3 Å². The highest BCUT2D eigenvalue weighted by Gasteiger charge is 2.25. The van der Waals surface area contributed by atoms with Gasteiger partial charge in [-0.3, -0.25) is 0 Å². The summed E-state index contributed by atoms with van der Waals surface area (Å²) in [6, 6.07) is 3.89. The van der Waals surface area contributed by atoms with Crippen molar-refractivity contribution in [2.24, 2.45) is 0 Å². The van der Waals surface area contributed by atoms with Gasteiger partial charge in [-0.25, -0.2) is 0 Å². The van der Waals surface area contributed by atoms with Gasteiger partial charge in [-0.05, 0) is 11.6 Å². The summed E-state index contributed by atoms with van der Waals surface area (Å²) < 4.78 is 22.0. The zero-order valence-corrected chi connectivity index (χ0v) is 11.7. The molecule has 1 aliphatic rings. The second-order valence-corrected chi connectivity index (χ2v) is 4.37. The molecule has 1 fully saturated rings. The van der Waals surface area contributed by atoms with Gasteiger partial charge < -0.3 is 24.3 Å². The molecule has 5 nitrogen and oxygen atoms in total. The maximum Gasteiger partial charge on any atom is 0.166 e. The van der Waals surface area contributed by atoms with E-state index in [2.05, 4.69) is 5.32 Å². The largest absolute Gasteiger partial charge is 0.493 e. The summed E-state index contributed by atoms with van der Waals surface area (Å²) in [6.45, 7) is 2.86. The molecule has 1 aromatic carbocycles. The minimum absolute atomic E-state index is 0.0380. The van der Waals surface area contributed by atoms with E-state index in [-0.39, 0.29) is 6.10 Å². The van der Waals surface area contributed by atoms with Gasteiger partial charge in [0.2, 0.25) is 0 Å². The molecule has 1 aromatic rings. The molecule has 2 rings (SSSR count). The zero-order valence-electron chi connectivity index (χ0n) is 11.7. The third-order valence-corrected chi connectivity index (χ3v) is 3.22. The Morgan fingerprint density at radius 3 is 2.68 bits per heavy atom. The van der Waals surface area contributed by atoms with Crippen LogP contribution in [0, 0.1) is 0 Å². The Morgan fingerprint density at radius 1 is 1.26 bits per heavy atom.